The lowest BCUT2D eigenvalue weighted by Crippen LogP contribution is -2.46. The monoisotopic (exact) mass is 285 g/mol. The molecule has 0 bridgehead atoms. The molecule has 2 atom stereocenters. The third kappa shape index (κ3) is 6.46. The number of nitrogens with zero attached hydrogens (tertiary/aromatic N) is 1. The van der Waals surface area contributed by atoms with Gasteiger partial charge in [-0.2, -0.15) is 0 Å². The van der Waals surface area contributed by atoms with Gasteiger partial charge in [0.2, 0.25) is 5.91 Å². The molecule has 0 saturated heterocycles. The van der Waals surface area contributed by atoms with Crippen LogP contribution in [-0.2, 0) is 4.79 Å². The SMILES string of the molecule is CC[C@H](N)C(=O)NCC(C1CC1)N(C)C.Cl.Cl. The molecule has 0 aromatic carbocycles. The number of nitrogens with two attached hydrogens (primary N) is 1. The number of likely N-dealkylation sites (N-methyl/N-ethyl adjacent to an activating group) is 1. The fourth-order valence-corrected chi connectivity index (χ4v) is 1.77. The number of carbonyl (C=O) groups excluding carboxylic acids is 1. The topological polar surface area (TPSA) is 58.4 Å². The van der Waals surface area contributed by atoms with Crippen molar-refractivity contribution in [3.05, 3.63) is 0 Å². The molecule has 1 amide bonds. The Balaban J connectivity index is 0. The first kappa shape index (κ1) is 19.3. The highest BCUT2D eigenvalue weighted by Crippen LogP contribution is 2.34. The minimum absolute atomic E-state index is 0. The van der Waals surface area contributed by atoms with Crippen LogP contribution in [0.1, 0.15) is 26.2 Å². The van der Waals surface area contributed by atoms with Crippen LogP contribution in [0.15, 0.2) is 0 Å². The van der Waals surface area contributed by atoms with E-state index in [1.54, 1.807) is 0 Å². The van der Waals surface area contributed by atoms with E-state index >= 15 is 0 Å². The quantitative estimate of drug-likeness (QED) is 0.766. The Hall–Kier alpha value is -0.0300. The maximum atomic E-state index is 11.5. The lowest BCUT2D eigenvalue weighted by Gasteiger charge is -2.25. The second-order valence-corrected chi connectivity index (χ2v) is 4.63. The average molecular weight is 286 g/mol. The number of halogens is 2. The van der Waals surface area contributed by atoms with Crippen LogP contribution in [0.4, 0.5) is 0 Å². The summed E-state index contributed by atoms with van der Waals surface area (Å²) in [5.41, 5.74) is 5.64. The van der Waals surface area contributed by atoms with Crippen molar-refractivity contribution < 1.29 is 4.79 Å². The zero-order valence-corrected chi connectivity index (χ0v) is 12.4. The highest BCUT2D eigenvalue weighted by atomic mass is 35.5. The van der Waals surface area contributed by atoms with E-state index in [4.69, 9.17) is 5.73 Å². The van der Waals surface area contributed by atoms with Crippen LogP contribution in [0, 0.1) is 5.92 Å². The molecule has 1 aliphatic rings. The third-order valence-electron chi connectivity index (χ3n) is 3.09. The molecule has 4 nitrogen and oxygen atoms in total. The fourth-order valence-electron chi connectivity index (χ4n) is 1.77. The largest absolute Gasteiger partial charge is 0.353 e. The van der Waals surface area contributed by atoms with E-state index in [-0.39, 0.29) is 36.8 Å². The van der Waals surface area contributed by atoms with Gasteiger partial charge < -0.3 is 16.0 Å². The highest BCUT2D eigenvalue weighted by Gasteiger charge is 2.32. The van der Waals surface area contributed by atoms with Crippen molar-refractivity contribution in [1.29, 1.82) is 0 Å². The number of carbonyl (C=O) groups is 1. The van der Waals surface area contributed by atoms with Crippen molar-refractivity contribution >= 4 is 30.7 Å². The molecule has 0 aliphatic heterocycles. The summed E-state index contributed by atoms with van der Waals surface area (Å²) in [5.74, 6) is 0.739. The summed E-state index contributed by atoms with van der Waals surface area (Å²) in [5, 5.41) is 2.93. The number of hydrogen-bond acceptors (Lipinski definition) is 3. The van der Waals surface area contributed by atoms with Gasteiger partial charge >= 0.3 is 0 Å². The lowest BCUT2D eigenvalue weighted by molar-refractivity contribution is -0.122. The molecule has 1 aliphatic carbocycles. The number of hydrogen-bond donors (Lipinski definition) is 2. The summed E-state index contributed by atoms with van der Waals surface area (Å²) in [7, 11) is 4.13. The van der Waals surface area contributed by atoms with Gasteiger partial charge in [-0.15, -0.1) is 24.8 Å². The zero-order valence-electron chi connectivity index (χ0n) is 10.8. The van der Waals surface area contributed by atoms with Gasteiger partial charge in [0, 0.05) is 12.6 Å². The molecule has 1 rings (SSSR count). The van der Waals surface area contributed by atoms with Crippen LogP contribution in [-0.4, -0.2) is 43.5 Å². The number of rotatable bonds is 6. The minimum Gasteiger partial charge on any atom is -0.353 e. The standard InChI is InChI=1S/C11H23N3O.2ClH/c1-4-9(12)11(15)13-7-10(14(2)3)8-5-6-8;;/h8-10H,4-7,12H2,1-3H3,(H,13,15);2*1H/t9-,10?;;/m0../s1. The van der Waals surface area contributed by atoms with Crippen molar-refractivity contribution in [2.75, 3.05) is 20.6 Å². The normalized spacial score (nSPS) is 17.7. The molecule has 104 valence electrons. The summed E-state index contributed by atoms with van der Waals surface area (Å²) in [6, 6.07) is 0.116. The molecule has 17 heavy (non-hydrogen) atoms. The Morgan fingerprint density at radius 1 is 1.41 bits per heavy atom. The lowest BCUT2D eigenvalue weighted by atomic mass is 10.1. The molecule has 6 heteroatoms. The average Bonchev–Trinajstić information content (AvgIpc) is 3.00. The summed E-state index contributed by atoms with van der Waals surface area (Å²) < 4.78 is 0. The van der Waals surface area contributed by atoms with Crippen molar-refractivity contribution in [2.24, 2.45) is 11.7 Å². The first-order chi connectivity index (χ1) is 7.06. The van der Waals surface area contributed by atoms with E-state index < -0.39 is 0 Å². The summed E-state index contributed by atoms with van der Waals surface area (Å²) in [6.07, 6.45) is 3.28. The molecule has 0 radical (unpaired) electrons. The Morgan fingerprint density at radius 2 is 1.94 bits per heavy atom. The van der Waals surface area contributed by atoms with Crippen LogP contribution in [0.3, 0.4) is 0 Å². The Kier molecular flexibility index (Phi) is 10.2. The minimum atomic E-state index is -0.355. The van der Waals surface area contributed by atoms with Gasteiger partial charge in [0.15, 0.2) is 0 Å². The molecular formula is C11H25Cl2N3O. The van der Waals surface area contributed by atoms with Crippen LogP contribution in [0.5, 0.6) is 0 Å². The van der Waals surface area contributed by atoms with Crippen LogP contribution in [0.2, 0.25) is 0 Å². The van der Waals surface area contributed by atoms with Crippen molar-refractivity contribution in [1.82, 2.24) is 10.2 Å². The molecule has 1 saturated carbocycles. The Bertz CT molecular complexity index is 221. The molecule has 0 heterocycles. The van der Waals surface area contributed by atoms with E-state index in [0.717, 1.165) is 12.5 Å². The molecule has 0 aromatic rings. The fraction of sp³-hybridized carbons (Fsp3) is 0.909. The Labute approximate surface area is 117 Å². The van der Waals surface area contributed by atoms with Crippen LogP contribution in [0.25, 0.3) is 0 Å². The van der Waals surface area contributed by atoms with Gasteiger partial charge in [-0.05, 0) is 39.3 Å². The molecule has 1 unspecified atom stereocenters. The number of amides is 1. The summed E-state index contributed by atoms with van der Waals surface area (Å²) in [6.45, 7) is 2.65. The van der Waals surface area contributed by atoms with E-state index in [1.807, 2.05) is 6.92 Å². The third-order valence-corrected chi connectivity index (χ3v) is 3.09. The van der Waals surface area contributed by atoms with Crippen molar-refractivity contribution in [3.8, 4) is 0 Å². The van der Waals surface area contributed by atoms with Crippen LogP contribution >= 0.6 is 24.8 Å². The summed E-state index contributed by atoms with van der Waals surface area (Å²) >= 11 is 0. The molecule has 0 aromatic heterocycles. The zero-order chi connectivity index (χ0) is 11.4. The summed E-state index contributed by atoms with van der Waals surface area (Å²) in [4.78, 5) is 13.7. The van der Waals surface area contributed by atoms with Gasteiger partial charge in [-0.3, -0.25) is 4.79 Å². The van der Waals surface area contributed by atoms with E-state index in [9.17, 15) is 4.79 Å². The second-order valence-electron chi connectivity index (χ2n) is 4.63. The van der Waals surface area contributed by atoms with E-state index in [0.29, 0.717) is 12.5 Å². The van der Waals surface area contributed by atoms with Gasteiger partial charge in [-0.25, -0.2) is 0 Å². The second kappa shape index (κ2) is 8.97. The van der Waals surface area contributed by atoms with Gasteiger partial charge in [-0.1, -0.05) is 6.92 Å². The van der Waals surface area contributed by atoms with Gasteiger partial charge in [0.25, 0.3) is 0 Å². The molecular weight excluding hydrogens is 261 g/mol. The van der Waals surface area contributed by atoms with E-state index in [1.165, 1.54) is 12.8 Å². The van der Waals surface area contributed by atoms with Crippen molar-refractivity contribution in [2.45, 2.75) is 38.3 Å². The van der Waals surface area contributed by atoms with Crippen LogP contribution < -0.4 is 11.1 Å². The smallest absolute Gasteiger partial charge is 0.236 e. The number of nitrogens with one attached hydrogen (secondary N) is 1. The van der Waals surface area contributed by atoms with Crippen molar-refractivity contribution in [3.63, 3.8) is 0 Å². The maximum absolute atomic E-state index is 11.5. The Morgan fingerprint density at radius 3 is 2.29 bits per heavy atom. The molecule has 3 N–H and O–H groups in total. The maximum Gasteiger partial charge on any atom is 0.236 e. The van der Waals surface area contributed by atoms with Gasteiger partial charge in [0.1, 0.15) is 0 Å². The van der Waals surface area contributed by atoms with E-state index in [2.05, 4.69) is 24.3 Å². The first-order valence-corrected chi connectivity index (χ1v) is 5.76. The highest BCUT2D eigenvalue weighted by molar-refractivity contribution is 5.85. The predicted molar refractivity (Wildman–Crippen MR) is 76.0 cm³/mol. The molecule has 1 fully saturated rings. The van der Waals surface area contributed by atoms with Gasteiger partial charge in [0.05, 0.1) is 6.04 Å². The molecule has 0 spiro atoms. The predicted octanol–water partition coefficient (Wildman–Crippen LogP) is 1.02. The first-order valence-electron chi connectivity index (χ1n) is 5.76.